The molecule has 0 fully saturated rings. The van der Waals surface area contributed by atoms with Crippen LogP contribution in [-0.2, 0) is 4.79 Å². The average Bonchev–Trinajstić information content (AvgIpc) is 2.64. The van der Waals surface area contributed by atoms with E-state index in [1.807, 2.05) is 0 Å². The molecule has 0 aliphatic heterocycles. The molecule has 0 spiro atoms. The normalized spacial score (nSPS) is 13.9. The number of carboxylic acids is 1. The monoisotopic (exact) mass is 271 g/mol. The van der Waals surface area contributed by atoms with E-state index in [-0.39, 0.29) is 12.5 Å². The number of thiazole rings is 1. The number of aromatic nitrogens is 1. The second kappa shape index (κ2) is 5.34. The molecule has 18 heavy (non-hydrogen) atoms. The Morgan fingerprint density at radius 3 is 2.56 bits per heavy atom. The number of hydrogen-bond acceptors (Lipinski definition) is 5. The van der Waals surface area contributed by atoms with Gasteiger partial charge in [0, 0.05) is 6.54 Å². The van der Waals surface area contributed by atoms with Crippen LogP contribution in [-0.4, -0.2) is 28.5 Å². The van der Waals surface area contributed by atoms with E-state index in [0.717, 1.165) is 11.3 Å². The number of nitrogen functional groups attached to an aromatic ring is 1. The predicted octanol–water partition coefficient (Wildman–Crippen LogP) is 1.26. The lowest BCUT2D eigenvalue weighted by molar-refractivity contribution is -0.147. The van der Waals surface area contributed by atoms with Crippen LogP contribution in [0.15, 0.2) is 0 Å². The molecule has 1 rings (SSSR count). The molecule has 1 heterocycles. The van der Waals surface area contributed by atoms with Gasteiger partial charge < -0.3 is 16.2 Å². The van der Waals surface area contributed by atoms with E-state index in [4.69, 9.17) is 10.8 Å². The highest BCUT2D eigenvalue weighted by atomic mass is 32.1. The standard InChI is InChI=1S/C11H17N3O3S/c1-4-11(3,9(16)17)5-13-8(15)7-6(2)14-10(12)18-7/h4-5H2,1-3H3,(H2,12,14)(H,13,15)(H,16,17). The number of hydrogen-bond donors (Lipinski definition) is 3. The molecular formula is C11H17N3O3S. The Morgan fingerprint density at radius 2 is 2.17 bits per heavy atom. The Bertz CT molecular complexity index is 472. The van der Waals surface area contributed by atoms with Crippen molar-refractivity contribution in [1.29, 1.82) is 0 Å². The van der Waals surface area contributed by atoms with Crippen molar-refractivity contribution >= 4 is 28.3 Å². The predicted molar refractivity (Wildman–Crippen MR) is 69.6 cm³/mol. The third-order valence-electron chi connectivity index (χ3n) is 2.96. The number of anilines is 1. The number of nitrogens with zero attached hydrogens (tertiary/aromatic N) is 1. The summed E-state index contributed by atoms with van der Waals surface area (Å²) in [6.07, 6.45) is 0.437. The van der Waals surface area contributed by atoms with E-state index in [1.165, 1.54) is 0 Å². The first-order valence-corrected chi connectivity index (χ1v) is 6.36. The molecule has 1 amide bonds. The van der Waals surface area contributed by atoms with E-state index < -0.39 is 11.4 Å². The minimum Gasteiger partial charge on any atom is -0.481 e. The van der Waals surface area contributed by atoms with Crippen molar-refractivity contribution in [3.63, 3.8) is 0 Å². The molecule has 6 nitrogen and oxygen atoms in total. The third kappa shape index (κ3) is 2.98. The topological polar surface area (TPSA) is 105 Å². The molecule has 0 radical (unpaired) electrons. The SMILES string of the molecule is CCC(C)(CNC(=O)c1sc(N)nc1C)C(=O)O. The van der Waals surface area contributed by atoms with Gasteiger partial charge in [-0.1, -0.05) is 18.3 Å². The Balaban J connectivity index is 2.72. The molecule has 1 atom stereocenters. The molecular weight excluding hydrogens is 254 g/mol. The summed E-state index contributed by atoms with van der Waals surface area (Å²) in [5.74, 6) is -1.26. The number of aryl methyl sites for hydroxylation is 1. The molecule has 0 aromatic carbocycles. The zero-order valence-corrected chi connectivity index (χ0v) is 11.4. The Hall–Kier alpha value is -1.63. The maximum Gasteiger partial charge on any atom is 0.311 e. The van der Waals surface area contributed by atoms with Crippen LogP contribution < -0.4 is 11.1 Å². The van der Waals surface area contributed by atoms with Crippen LogP contribution in [0.4, 0.5) is 5.13 Å². The highest BCUT2D eigenvalue weighted by Gasteiger charge is 2.31. The van der Waals surface area contributed by atoms with Crippen LogP contribution in [0.25, 0.3) is 0 Å². The molecule has 1 unspecified atom stereocenters. The van der Waals surface area contributed by atoms with Gasteiger partial charge in [0.2, 0.25) is 0 Å². The second-order valence-corrected chi connectivity index (χ2v) is 5.40. The number of carbonyl (C=O) groups excluding carboxylic acids is 1. The molecule has 0 bridgehead atoms. The van der Waals surface area contributed by atoms with Crippen molar-refractivity contribution in [2.75, 3.05) is 12.3 Å². The van der Waals surface area contributed by atoms with Gasteiger partial charge in [0.15, 0.2) is 5.13 Å². The summed E-state index contributed by atoms with van der Waals surface area (Å²) in [4.78, 5) is 27.3. The molecule has 4 N–H and O–H groups in total. The van der Waals surface area contributed by atoms with E-state index in [2.05, 4.69) is 10.3 Å². The average molecular weight is 271 g/mol. The number of amides is 1. The number of nitrogens with two attached hydrogens (primary N) is 1. The van der Waals surface area contributed by atoms with Gasteiger partial charge in [-0.2, -0.15) is 0 Å². The molecule has 100 valence electrons. The molecule has 7 heteroatoms. The van der Waals surface area contributed by atoms with Gasteiger partial charge in [0.25, 0.3) is 5.91 Å². The van der Waals surface area contributed by atoms with Crippen LogP contribution in [0.1, 0.15) is 35.6 Å². The van der Waals surface area contributed by atoms with Crippen molar-refractivity contribution < 1.29 is 14.7 Å². The van der Waals surface area contributed by atoms with Gasteiger partial charge >= 0.3 is 5.97 Å². The Kier molecular flexibility index (Phi) is 4.28. The smallest absolute Gasteiger partial charge is 0.311 e. The van der Waals surface area contributed by atoms with E-state index in [0.29, 0.717) is 22.1 Å². The molecule has 0 aliphatic rings. The van der Waals surface area contributed by atoms with Crippen LogP contribution in [0.3, 0.4) is 0 Å². The maximum atomic E-state index is 11.9. The first kappa shape index (κ1) is 14.4. The molecule has 0 aliphatic carbocycles. The second-order valence-electron chi connectivity index (χ2n) is 4.37. The van der Waals surface area contributed by atoms with Crippen LogP contribution in [0, 0.1) is 12.3 Å². The van der Waals surface area contributed by atoms with Crippen molar-refractivity contribution in [3.8, 4) is 0 Å². The van der Waals surface area contributed by atoms with E-state index in [9.17, 15) is 9.59 Å². The van der Waals surface area contributed by atoms with Crippen LogP contribution >= 0.6 is 11.3 Å². The maximum absolute atomic E-state index is 11.9. The minimum absolute atomic E-state index is 0.0783. The van der Waals surface area contributed by atoms with Gasteiger partial charge in [-0.25, -0.2) is 4.98 Å². The first-order valence-electron chi connectivity index (χ1n) is 5.54. The highest BCUT2D eigenvalue weighted by molar-refractivity contribution is 7.17. The van der Waals surface area contributed by atoms with Gasteiger partial charge in [0.05, 0.1) is 11.1 Å². The zero-order valence-electron chi connectivity index (χ0n) is 10.6. The van der Waals surface area contributed by atoms with Crippen molar-refractivity contribution in [3.05, 3.63) is 10.6 Å². The number of carboxylic acid groups (broad SMARTS) is 1. The van der Waals surface area contributed by atoms with E-state index >= 15 is 0 Å². The fourth-order valence-electron chi connectivity index (χ4n) is 1.34. The lowest BCUT2D eigenvalue weighted by Gasteiger charge is -2.22. The quantitative estimate of drug-likeness (QED) is 0.747. The fourth-order valence-corrected chi connectivity index (χ4v) is 2.09. The number of carbonyl (C=O) groups is 2. The van der Waals surface area contributed by atoms with Crippen molar-refractivity contribution in [2.24, 2.45) is 5.41 Å². The van der Waals surface area contributed by atoms with Crippen molar-refractivity contribution in [1.82, 2.24) is 10.3 Å². The van der Waals surface area contributed by atoms with Gasteiger partial charge in [-0.3, -0.25) is 9.59 Å². The largest absolute Gasteiger partial charge is 0.481 e. The number of aliphatic carboxylic acids is 1. The summed E-state index contributed by atoms with van der Waals surface area (Å²) in [5.41, 5.74) is 5.11. The van der Waals surface area contributed by atoms with Crippen LogP contribution in [0.5, 0.6) is 0 Å². The third-order valence-corrected chi connectivity index (χ3v) is 3.94. The van der Waals surface area contributed by atoms with Gasteiger partial charge in [-0.05, 0) is 20.3 Å². The zero-order chi connectivity index (χ0) is 13.9. The summed E-state index contributed by atoms with van der Waals surface area (Å²) >= 11 is 1.10. The molecule has 0 saturated heterocycles. The molecule has 1 aromatic rings. The summed E-state index contributed by atoms with van der Waals surface area (Å²) < 4.78 is 0. The molecule has 1 aromatic heterocycles. The fraction of sp³-hybridized carbons (Fsp3) is 0.545. The minimum atomic E-state index is -0.959. The lowest BCUT2D eigenvalue weighted by Crippen LogP contribution is -2.40. The number of rotatable bonds is 5. The summed E-state index contributed by atoms with van der Waals surface area (Å²) in [6.45, 7) is 5.15. The van der Waals surface area contributed by atoms with E-state index in [1.54, 1.807) is 20.8 Å². The summed E-state index contributed by atoms with van der Waals surface area (Å²) in [7, 11) is 0. The van der Waals surface area contributed by atoms with Gasteiger partial charge in [-0.15, -0.1) is 0 Å². The Labute approximate surface area is 109 Å². The van der Waals surface area contributed by atoms with Crippen molar-refractivity contribution in [2.45, 2.75) is 27.2 Å². The van der Waals surface area contributed by atoms with Gasteiger partial charge in [0.1, 0.15) is 4.88 Å². The lowest BCUT2D eigenvalue weighted by atomic mass is 9.88. The summed E-state index contributed by atoms with van der Waals surface area (Å²) in [6, 6.07) is 0. The van der Waals surface area contributed by atoms with Crippen LogP contribution in [0.2, 0.25) is 0 Å². The summed E-state index contributed by atoms with van der Waals surface area (Å²) in [5, 5.41) is 12.0. The first-order chi connectivity index (χ1) is 8.30. The Morgan fingerprint density at radius 1 is 1.56 bits per heavy atom. The molecule has 0 saturated carbocycles. The number of nitrogens with one attached hydrogen (secondary N) is 1. The highest BCUT2D eigenvalue weighted by Crippen LogP contribution is 2.22.